The van der Waals surface area contributed by atoms with Gasteiger partial charge in [-0.3, -0.25) is 4.79 Å². The average Bonchev–Trinajstić information content (AvgIpc) is 3.15. The Balaban J connectivity index is 2.15. The number of halogens is 1. The third kappa shape index (κ3) is 7.18. The van der Waals surface area contributed by atoms with Crippen molar-refractivity contribution in [3.8, 4) is 0 Å². The first kappa shape index (κ1) is 22.3. The number of hydrogen-bond donors (Lipinski definition) is 2. The van der Waals surface area contributed by atoms with Crippen molar-refractivity contribution in [2.75, 3.05) is 18.9 Å². The first-order chi connectivity index (χ1) is 13.5. The number of benzene rings is 1. The summed E-state index contributed by atoms with van der Waals surface area (Å²) < 4.78 is 4.77. The second kappa shape index (κ2) is 11.7. The van der Waals surface area contributed by atoms with Crippen molar-refractivity contribution in [1.29, 1.82) is 0 Å². The second-order valence-corrected chi connectivity index (χ2v) is 8.35. The molecule has 0 spiro atoms. The van der Waals surface area contributed by atoms with E-state index in [-0.39, 0.29) is 13.2 Å². The lowest BCUT2D eigenvalue weighted by Gasteiger charge is -2.07. The van der Waals surface area contributed by atoms with Gasteiger partial charge in [0, 0.05) is 21.2 Å². The van der Waals surface area contributed by atoms with Gasteiger partial charge in [-0.2, -0.15) is 16.9 Å². The molecule has 0 saturated carbocycles. The summed E-state index contributed by atoms with van der Waals surface area (Å²) in [6.07, 6.45) is 0. The lowest BCUT2D eigenvalue weighted by Crippen LogP contribution is -2.37. The monoisotopic (exact) mass is 439 g/mol. The van der Waals surface area contributed by atoms with Gasteiger partial charge in [0.15, 0.2) is 0 Å². The van der Waals surface area contributed by atoms with Crippen LogP contribution in [0.1, 0.15) is 29.2 Å². The number of hydrogen-bond acceptors (Lipinski definition) is 6. The quantitative estimate of drug-likeness (QED) is 0.347. The molecule has 1 heterocycles. The molecular formula is C19H22ClN3O3S2. The zero-order valence-electron chi connectivity index (χ0n) is 15.7. The molecule has 1 aromatic carbocycles. The summed E-state index contributed by atoms with van der Waals surface area (Å²) in [6.45, 7) is 3.87. The number of amides is 2. The smallest absolute Gasteiger partial charge is 0.335 e. The summed E-state index contributed by atoms with van der Waals surface area (Å²) in [7, 11) is 0. The Morgan fingerprint density at radius 2 is 1.93 bits per heavy atom. The van der Waals surface area contributed by atoms with Crippen LogP contribution in [0.3, 0.4) is 0 Å². The Labute approximate surface area is 177 Å². The van der Waals surface area contributed by atoms with E-state index < -0.39 is 12.0 Å². The van der Waals surface area contributed by atoms with Gasteiger partial charge in [0.2, 0.25) is 0 Å². The van der Waals surface area contributed by atoms with E-state index in [0.29, 0.717) is 10.7 Å². The van der Waals surface area contributed by atoms with E-state index in [1.165, 1.54) is 4.88 Å². The van der Waals surface area contributed by atoms with Crippen molar-refractivity contribution in [3.63, 3.8) is 0 Å². The predicted molar refractivity (Wildman–Crippen MR) is 116 cm³/mol. The fourth-order valence-corrected chi connectivity index (χ4v) is 4.09. The third-order valence-electron chi connectivity index (χ3n) is 3.43. The minimum absolute atomic E-state index is 0.219. The molecule has 28 heavy (non-hydrogen) atoms. The van der Waals surface area contributed by atoms with E-state index in [0.717, 1.165) is 21.9 Å². The van der Waals surface area contributed by atoms with Crippen LogP contribution in [0.4, 0.5) is 4.79 Å². The summed E-state index contributed by atoms with van der Waals surface area (Å²) in [6, 6.07) is 10.7. The maximum atomic E-state index is 12.0. The van der Waals surface area contributed by atoms with Crippen LogP contribution >= 0.6 is 34.7 Å². The molecule has 2 aromatic rings. The van der Waals surface area contributed by atoms with E-state index in [1.807, 2.05) is 30.0 Å². The van der Waals surface area contributed by atoms with Gasteiger partial charge in [-0.05, 0) is 36.9 Å². The van der Waals surface area contributed by atoms with Crippen molar-refractivity contribution in [2.24, 2.45) is 5.10 Å². The number of esters is 1. The number of rotatable bonds is 9. The zero-order valence-corrected chi connectivity index (χ0v) is 18.0. The Bertz CT molecular complexity index is 822. The molecular weight excluding hydrogens is 418 g/mol. The van der Waals surface area contributed by atoms with Crippen LogP contribution in [-0.4, -0.2) is 36.6 Å². The molecule has 6 nitrogen and oxygen atoms in total. The van der Waals surface area contributed by atoms with E-state index in [4.69, 9.17) is 16.3 Å². The first-order valence-electron chi connectivity index (χ1n) is 8.73. The Kier molecular flexibility index (Phi) is 9.33. The molecule has 150 valence electrons. The highest BCUT2D eigenvalue weighted by Gasteiger charge is 2.12. The summed E-state index contributed by atoms with van der Waals surface area (Å²) in [5.41, 5.74) is 3.89. The fraction of sp³-hybridized carbons (Fsp3) is 0.316. The maximum absolute atomic E-state index is 12.0. The van der Waals surface area contributed by atoms with Crippen LogP contribution in [0.15, 0.2) is 41.5 Å². The summed E-state index contributed by atoms with van der Waals surface area (Å²) in [5, 5.41) is 7.31. The summed E-state index contributed by atoms with van der Waals surface area (Å²) in [4.78, 5) is 25.5. The standard InChI is InChI=1S/C19H22ClN3O3S2/c1-3-26-17(24)11-21-19(25)23-22-18(13-5-7-14(20)8-6-13)16-10-9-15(28-16)12-27-4-2/h5-10H,3-4,11-12H2,1-2H3,(H2,21,23,25). The highest BCUT2D eigenvalue weighted by Crippen LogP contribution is 2.24. The fourth-order valence-electron chi connectivity index (χ4n) is 2.17. The molecule has 0 fully saturated rings. The predicted octanol–water partition coefficient (Wildman–Crippen LogP) is 4.27. The van der Waals surface area contributed by atoms with Gasteiger partial charge >= 0.3 is 12.0 Å². The van der Waals surface area contributed by atoms with Gasteiger partial charge in [-0.1, -0.05) is 30.7 Å². The minimum Gasteiger partial charge on any atom is -0.465 e. The number of thioether (sulfide) groups is 1. The molecule has 0 saturated heterocycles. The molecule has 0 unspecified atom stereocenters. The Morgan fingerprint density at radius 3 is 2.61 bits per heavy atom. The number of carbonyl (C=O) groups is 2. The van der Waals surface area contributed by atoms with E-state index in [2.05, 4.69) is 28.8 Å². The average molecular weight is 440 g/mol. The van der Waals surface area contributed by atoms with Gasteiger partial charge in [0.05, 0.1) is 11.5 Å². The van der Waals surface area contributed by atoms with Crippen LogP contribution in [-0.2, 0) is 15.3 Å². The largest absolute Gasteiger partial charge is 0.465 e. The first-order valence-corrected chi connectivity index (χ1v) is 11.1. The van der Waals surface area contributed by atoms with Gasteiger partial charge in [-0.25, -0.2) is 10.2 Å². The van der Waals surface area contributed by atoms with Crippen LogP contribution in [0, 0.1) is 0 Å². The van der Waals surface area contributed by atoms with Crippen molar-refractivity contribution < 1.29 is 14.3 Å². The Hall–Kier alpha value is -2.03. The lowest BCUT2D eigenvalue weighted by molar-refractivity contribution is -0.141. The van der Waals surface area contributed by atoms with Gasteiger partial charge in [0.25, 0.3) is 0 Å². The van der Waals surface area contributed by atoms with Crippen LogP contribution in [0.5, 0.6) is 0 Å². The molecule has 2 amide bonds. The lowest BCUT2D eigenvalue weighted by atomic mass is 10.1. The van der Waals surface area contributed by atoms with E-state index in [1.54, 1.807) is 30.4 Å². The van der Waals surface area contributed by atoms with E-state index >= 15 is 0 Å². The van der Waals surface area contributed by atoms with Crippen LogP contribution in [0.25, 0.3) is 0 Å². The molecule has 0 aliphatic carbocycles. The molecule has 0 aliphatic heterocycles. The number of thiophene rings is 1. The number of hydrazone groups is 1. The third-order valence-corrected chi connectivity index (χ3v) is 5.88. The Morgan fingerprint density at radius 1 is 1.18 bits per heavy atom. The van der Waals surface area contributed by atoms with Gasteiger partial charge < -0.3 is 10.1 Å². The van der Waals surface area contributed by atoms with Crippen LogP contribution in [0.2, 0.25) is 5.02 Å². The normalized spacial score (nSPS) is 11.2. The number of ether oxygens (including phenoxy) is 1. The molecule has 2 N–H and O–H groups in total. The molecule has 0 radical (unpaired) electrons. The minimum atomic E-state index is -0.585. The topological polar surface area (TPSA) is 79.8 Å². The van der Waals surface area contributed by atoms with E-state index in [9.17, 15) is 9.59 Å². The SMILES string of the molecule is CCOC(=O)CNC(=O)NN=C(c1ccc(Cl)cc1)c1ccc(CSCC)s1. The summed E-state index contributed by atoms with van der Waals surface area (Å²) in [5.74, 6) is 1.48. The van der Waals surface area contributed by atoms with Crippen molar-refractivity contribution in [3.05, 3.63) is 56.7 Å². The number of nitrogens with one attached hydrogen (secondary N) is 2. The number of nitrogens with zero attached hydrogens (tertiary/aromatic N) is 1. The maximum Gasteiger partial charge on any atom is 0.335 e. The molecule has 0 atom stereocenters. The highest BCUT2D eigenvalue weighted by molar-refractivity contribution is 7.98. The van der Waals surface area contributed by atoms with Crippen molar-refractivity contribution in [2.45, 2.75) is 19.6 Å². The molecule has 9 heteroatoms. The van der Waals surface area contributed by atoms with Crippen LogP contribution < -0.4 is 10.7 Å². The molecule has 0 aliphatic rings. The van der Waals surface area contributed by atoms with Crippen molar-refractivity contribution in [1.82, 2.24) is 10.7 Å². The van der Waals surface area contributed by atoms with Crippen molar-refractivity contribution >= 4 is 52.4 Å². The molecule has 2 rings (SSSR count). The second-order valence-electron chi connectivity index (χ2n) is 5.47. The summed E-state index contributed by atoms with van der Waals surface area (Å²) >= 11 is 9.46. The van der Waals surface area contributed by atoms with Gasteiger partial charge in [0.1, 0.15) is 12.3 Å². The molecule has 1 aromatic heterocycles. The van der Waals surface area contributed by atoms with Gasteiger partial charge in [-0.15, -0.1) is 11.3 Å². The number of urea groups is 1. The molecule has 0 bridgehead atoms. The highest BCUT2D eigenvalue weighted by atomic mass is 35.5. The number of carbonyl (C=O) groups excluding carboxylic acids is 2. The zero-order chi connectivity index (χ0) is 20.4.